The van der Waals surface area contributed by atoms with Gasteiger partial charge in [0.1, 0.15) is 35.9 Å². The Hall–Kier alpha value is -2.80. The molecule has 0 aromatic carbocycles. The van der Waals surface area contributed by atoms with Crippen molar-refractivity contribution in [2.75, 3.05) is 26.2 Å². The maximum absolute atomic E-state index is 11.9. The average Bonchev–Trinajstić information content (AvgIpc) is 3.63. The van der Waals surface area contributed by atoms with E-state index in [2.05, 4.69) is 19.9 Å². The average molecular weight is 449 g/mol. The second-order valence-corrected chi connectivity index (χ2v) is 7.95. The first-order valence-corrected chi connectivity index (χ1v) is 10.8. The number of amides is 2. The number of aromatic nitrogens is 4. The standard InChI is InChI=1S/2C10H16N4O2/c2*11-7(8(15)9-12-3-4-13-9)10(16)14-5-1-2-6-14/h2*3-4,7-8,15H,1-2,5-6,11H2,(H,12,13). The van der Waals surface area contributed by atoms with Gasteiger partial charge in [-0.15, -0.1) is 0 Å². The lowest BCUT2D eigenvalue weighted by molar-refractivity contribution is -0.135. The van der Waals surface area contributed by atoms with E-state index in [1.807, 2.05) is 0 Å². The van der Waals surface area contributed by atoms with Gasteiger partial charge in [-0.3, -0.25) is 9.59 Å². The van der Waals surface area contributed by atoms with Crippen LogP contribution in [0, 0.1) is 0 Å². The number of hydrogen-bond donors (Lipinski definition) is 6. The lowest BCUT2D eigenvalue weighted by Gasteiger charge is -2.22. The quantitative estimate of drug-likeness (QED) is 0.317. The topological polar surface area (TPSA) is 190 Å². The van der Waals surface area contributed by atoms with E-state index >= 15 is 0 Å². The van der Waals surface area contributed by atoms with Crippen LogP contribution in [0.5, 0.6) is 0 Å². The van der Waals surface area contributed by atoms with Crippen LogP contribution in [0.2, 0.25) is 0 Å². The lowest BCUT2D eigenvalue weighted by Crippen LogP contribution is -2.46. The molecule has 12 heteroatoms. The molecule has 2 amide bonds. The van der Waals surface area contributed by atoms with Gasteiger partial charge >= 0.3 is 0 Å². The van der Waals surface area contributed by atoms with Gasteiger partial charge in [-0.2, -0.15) is 0 Å². The maximum atomic E-state index is 11.9. The van der Waals surface area contributed by atoms with E-state index < -0.39 is 24.3 Å². The summed E-state index contributed by atoms with van der Waals surface area (Å²) in [5.74, 6) is 0.253. The van der Waals surface area contributed by atoms with Crippen molar-refractivity contribution in [1.29, 1.82) is 0 Å². The second kappa shape index (κ2) is 11.2. The Labute approximate surface area is 186 Å². The van der Waals surface area contributed by atoms with Crippen molar-refractivity contribution in [3.63, 3.8) is 0 Å². The van der Waals surface area contributed by atoms with Gasteiger partial charge in [-0.05, 0) is 25.7 Å². The Morgan fingerprint density at radius 2 is 1.12 bits per heavy atom. The van der Waals surface area contributed by atoms with E-state index in [-0.39, 0.29) is 11.8 Å². The van der Waals surface area contributed by atoms with Crippen LogP contribution in [0.4, 0.5) is 0 Å². The fraction of sp³-hybridized carbons (Fsp3) is 0.600. The summed E-state index contributed by atoms with van der Waals surface area (Å²) in [6, 6.07) is -1.88. The third-order valence-corrected chi connectivity index (χ3v) is 5.69. The van der Waals surface area contributed by atoms with Gasteiger partial charge in [0.2, 0.25) is 11.8 Å². The minimum Gasteiger partial charge on any atom is -0.383 e. The summed E-state index contributed by atoms with van der Waals surface area (Å²) in [5, 5.41) is 19.7. The summed E-state index contributed by atoms with van der Waals surface area (Å²) in [5.41, 5.74) is 11.5. The molecule has 2 aromatic heterocycles. The monoisotopic (exact) mass is 448 g/mol. The minimum atomic E-state index is -1.07. The summed E-state index contributed by atoms with van der Waals surface area (Å²) in [4.78, 5) is 40.4. The van der Waals surface area contributed by atoms with Gasteiger partial charge in [-0.1, -0.05) is 0 Å². The van der Waals surface area contributed by atoms with Crippen molar-refractivity contribution >= 4 is 11.8 Å². The van der Waals surface area contributed by atoms with Crippen molar-refractivity contribution in [3.05, 3.63) is 36.4 Å². The van der Waals surface area contributed by atoms with Crippen LogP contribution in [0.3, 0.4) is 0 Å². The highest BCUT2D eigenvalue weighted by Crippen LogP contribution is 2.17. The van der Waals surface area contributed by atoms with Crippen LogP contribution in [-0.4, -0.2) is 90.0 Å². The van der Waals surface area contributed by atoms with Crippen LogP contribution in [0.1, 0.15) is 49.5 Å². The maximum Gasteiger partial charge on any atom is 0.242 e. The number of carbonyl (C=O) groups is 2. The summed E-state index contributed by atoms with van der Waals surface area (Å²) in [7, 11) is 0. The van der Waals surface area contributed by atoms with Crippen molar-refractivity contribution < 1.29 is 19.8 Å². The Bertz CT molecular complexity index is 762. The molecule has 2 saturated heterocycles. The predicted molar refractivity (Wildman–Crippen MR) is 115 cm³/mol. The van der Waals surface area contributed by atoms with Gasteiger partial charge in [0.25, 0.3) is 0 Å². The molecule has 2 fully saturated rings. The number of aliphatic hydroxyl groups is 2. The number of aromatic amines is 2. The third kappa shape index (κ3) is 5.71. The fourth-order valence-corrected chi connectivity index (χ4v) is 3.79. The summed E-state index contributed by atoms with van der Waals surface area (Å²) in [6.07, 6.45) is 8.12. The molecule has 0 radical (unpaired) electrons. The van der Waals surface area contributed by atoms with E-state index in [1.165, 1.54) is 12.4 Å². The molecule has 0 saturated carbocycles. The Morgan fingerprint density at radius 3 is 1.41 bits per heavy atom. The van der Waals surface area contributed by atoms with E-state index in [4.69, 9.17) is 11.5 Å². The molecule has 2 aliphatic rings. The number of hydrogen-bond acceptors (Lipinski definition) is 8. The smallest absolute Gasteiger partial charge is 0.242 e. The highest BCUT2D eigenvalue weighted by atomic mass is 16.3. The number of rotatable bonds is 6. The summed E-state index contributed by atoms with van der Waals surface area (Å²) in [6.45, 7) is 2.93. The minimum absolute atomic E-state index is 0.207. The van der Waals surface area contributed by atoms with Gasteiger partial charge in [-0.25, -0.2) is 9.97 Å². The molecule has 2 aliphatic heterocycles. The number of aliphatic hydroxyl groups excluding tert-OH is 2. The van der Waals surface area contributed by atoms with Crippen molar-refractivity contribution in [2.45, 2.75) is 50.0 Å². The number of imidazole rings is 2. The molecular weight excluding hydrogens is 416 g/mol. The molecule has 4 unspecified atom stereocenters. The molecule has 0 aliphatic carbocycles. The van der Waals surface area contributed by atoms with Crippen molar-refractivity contribution in [3.8, 4) is 0 Å². The largest absolute Gasteiger partial charge is 0.383 e. The second-order valence-electron chi connectivity index (χ2n) is 7.95. The third-order valence-electron chi connectivity index (χ3n) is 5.69. The predicted octanol–water partition coefficient (Wildman–Crippen LogP) is -1.21. The molecule has 4 atom stereocenters. The number of nitrogens with two attached hydrogens (primary N) is 2. The van der Waals surface area contributed by atoms with Crippen molar-refractivity contribution in [2.24, 2.45) is 11.5 Å². The Balaban J connectivity index is 0.000000181. The lowest BCUT2D eigenvalue weighted by atomic mass is 10.1. The summed E-state index contributed by atoms with van der Waals surface area (Å²) < 4.78 is 0. The zero-order chi connectivity index (χ0) is 23.1. The van der Waals surface area contributed by atoms with Gasteiger partial charge in [0, 0.05) is 51.0 Å². The molecule has 0 spiro atoms. The number of carbonyl (C=O) groups excluding carboxylic acids is 2. The van der Waals surface area contributed by atoms with Crippen LogP contribution in [0.25, 0.3) is 0 Å². The number of likely N-dealkylation sites (tertiary alicyclic amines) is 2. The molecule has 4 heterocycles. The molecule has 8 N–H and O–H groups in total. The number of H-pyrrole nitrogens is 2. The van der Waals surface area contributed by atoms with Gasteiger partial charge in [0.15, 0.2) is 0 Å². The van der Waals surface area contributed by atoms with E-state index in [0.717, 1.165) is 51.9 Å². The van der Waals surface area contributed by atoms with E-state index in [9.17, 15) is 19.8 Å². The molecular formula is C20H32N8O4. The Kier molecular flexibility index (Phi) is 8.33. The fourth-order valence-electron chi connectivity index (χ4n) is 3.79. The molecule has 0 bridgehead atoms. The van der Waals surface area contributed by atoms with Crippen molar-refractivity contribution in [1.82, 2.24) is 29.7 Å². The Morgan fingerprint density at radius 1 is 0.781 bits per heavy atom. The van der Waals surface area contributed by atoms with Gasteiger partial charge < -0.3 is 41.4 Å². The SMILES string of the molecule is NC(C(=O)N1CCCC1)C(O)c1ncc[nH]1.NC(C(=O)N1CCCC1)C(O)c1ncc[nH]1. The van der Waals surface area contributed by atoms with Crippen LogP contribution >= 0.6 is 0 Å². The van der Waals surface area contributed by atoms with Crippen LogP contribution in [-0.2, 0) is 9.59 Å². The molecule has 32 heavy (non-hydrogen) atoms. The molecule has 4 rings (SSSR count). The van der Waals surface area contributed by atoms with Gasteiger partial charge in [0.05, 0.1) is 0 Å². The highest BCUT2D eigenvalue weighted by molar-refractivity contribution is 5.83. The first kappa shape index (κ1) is 23.9. The first-order chi connectivity index (χ1) is 15.4. The molecule has 2 aromatic rings. The number of nitrogens with one attached hydrogen (secondary N) is 2. The van der Waals surface area contributed by atoms with Crippen LogP contribution in [0.15, 0.2) is 24.8 Å². The zero-order valence-corrected chi connectivity index (χ0v) is 17.9. The van der Waals surface area contributed by atoms with Crippen LogP contribution < -0.4 is 11.5 Å². The summed E-state index contributed by atoms with van der Waals surface area (Å²) >= 11 is 0. The zero-order valence-electron chi connectivity index (χ0n) is 17.9. The molecule has 176 valence electrons. The highest BCUT2D eigenvalue weighted by Gasteiger charge is 2.31. The molecule has 12 nitrogen and oxygen atoms in total. The first-order valence-electron chi connectivity index (χ1n) is 10.8. The van der Waals surface area contributed by atoms with E-state index in [1.54, 1.807) is 22.2 Å². The van der Waals surface area contributed by atoms with E-state index in [0.29, 0.717) is 11.6 Å². The number of nitrogens with zero attached hydrogens (tertiary/aromatic N) is 4. The normalized spacial score (nSPS) is 19.8.